The minimum Gasteiger partial charge on any atom is -0.299 e. The number of fused-ring (bicyclic) bond motifs is 3. The Morgan fingerprint density at radius 2 is 1.93 bits per heavy atom. The average molecular weight is 194 g/mol. The number of ketones is 1. The Bertz CT molecular complexity index is 213. The van der Waals surface area contributed by atoms with Gasteiger partial charge in [-0.2, -0.15) is 0 Å². The topological polar surface area (TPSA) is 17.1 Å². The van der Waals surface area contributed by atoms with E-state index in [1.807, 2.05) is 0 Å². The zero-order chi connectivity index (χ0) is 10.1. The first-order valence-electron chi connectivity index (χ1n) is 6.26. The van der Waals surface area contributed by atoms with Crippen LogP contribution in [-0.4, -0.2) is 5.78 Å². The van der Waals surface area contributed by atoms with Gasteiger partial charge >= 0.3 is 0 Å². The van der Waals surface area contributed by atoms with Crippen molar-refractivity contribution in [3.05, 3.63) is 0 Å². The van der Waals surface area contributed by atoms with E-state index in [1.165, 1.54) is 32.1 Å². The normalized spacial score (nSPS) is 38.3. The van der Waals surface area contributed by atoms with Crippen molar-refractivity contribution in [3.63, 3.8) is 0 Å². The summed E-state index contributed by atoms with van der Waals surface area (Å²) in [5.41, 5.74) is 0. The van der Waals surface area contributed by atoms with E-state index in [0.717, 1.165) is 18.3 Å². The fourth-order valence-corrected chi connectivity index (χ4v) is 3.29. The lowest BCUT2D eigenvalue weighted by atomic mass is 9.62. The summed E-state index contributed by atoms with van der Waals surface area (Å²) < 4.78 is 0. The van der Waals surface area contributed by atoms with E-state index in [-0.39, 0.29) is 0 Å². The van der Waals surface area contributed by atoms with Crippen LogP contribution in [0.4, 0.5) is 0 Å². The van der Waals surface area contributed by atoms with Crippen LogP contribution in [0.15, 0.2) is 0 Å². The molecule has 0 radical (unpaired) electrons. The average Bonchev–Trinajstić information content (AvgIpc) is 2.28. The van der Waals surface area contributed by atoms with Crippen LogP contribution in [0.2, 0.25) is 0 Å². The lowest BCUT2D eigenvalue weighted by Crippen LogP contribution is -2.38. The third-order valence-corrected chi connectivity index (χ3v) is 4.51. The minimum absolute atomic E-state index is 0.305. The number of hydrogen-bond acceptors (Lipinski definition) is 1. The van der Waals surface area contributed by atoms with Gasteiger partial charge in [-0.15, -0.1) is 0 Å². The van der Waals surface area contributed by atoms with Gasteiger partial charge in [0.25, 0.3) is 0 Å². The van der Waals surface area contributed by atoms with Gasteiger partial charge in [0.05, 0.1) is 0 Å². The molecule has 0 saturated heterocycles. The van der Waals surface area contributed by atoms with Gasteiger partial charge in [0.2, 0.25) is 0 Å². The molecular weight excluding hydrogens is 172 g/mol. The first-order valence-corrected chi connectivity index (χ1v) is 6.26. The fourth-order valence-electron chi connectivity index (χ4n) is 3.29. The van der Waals surface area contributed by atoms with Crippen molar-refractivity contribution in [1.29, 1.82) is 0 Å². The Labute approximate surface area is 87.3 Å². The zero-order valence-corrected chi connectivity index (χ0v) is 9.46. The van der Waals surface area contributed by atoms with Crippen LogP contribution in [0.1, 0.15) is 52.4 Å². The van der Waals surface area contributed by atoms with Crippen LogP contribution in [0.3, 0.4) is 0 Å². The third kappa shape index (κ3) is 1.74. The molecule has 0 heterocycles. The molecule has 0 amide bonds. The molecule has 80 valence electrons. The van der Waals surface area contributed by atoms with Gasteiger partial charge in [-0.3, -0.25) is 4.79 Å². The summed E-state index contributed by atoms with van der Waals surface area (Å²) in [6.07, 6.45) is 7.69. The van der Waals surface area contributed by atoms with Gasteiger partial charge in [0.15, 0.2) is 0 Å². The summed E-state index contributed by atoms with van der Waals surface area (Å²) in [5, 5.41) is 0. The second-order valence-corrected chi connectivity index (χ2v) is 5.33. The molecule has 0 aromatic carbocycles. The lowest BCUT2D eigenvalue weighted by Gasteiger charge is -2.42. The second kappa shape index (κ2) is 4.04. The molecule has 3 aliphatic rings. The van der Waals surface area contributed by atoms with Crippen LogP contribution in [0.25, 0.3) is 0 Å². The fraction of sp³-hybridized carbons (Fsp3) is 0.923. The van der Waals surface area contributed by atoms with Crippen LogP contribution >= 0.6 is 0 Å². The van der Waals surface area contributed by atoms with Gasteiger partial charge in [0, 0.05) is 11.8 Å². The third-order valence-electron chi connectivity index (χ3n) is 4.51. The molecular formula is C13H22O. The first kappa shape index (κ1) is 10.2. The number of Topliss-reactive ketones (excluding diaryl/α,β-unsaturated/α-hetero) is 1. The molecule has 3 saturated carbocycles. The molecule has 2 atom stereocenters. The highest BCUT2D eigenvalue weighted by molar-refractivity contribution is 5.83. The maximum atomic E-state index is 12.1. The molecule has 3 aliphatic carbocycles. The number of hydrogen-bond donors (Lipinski definition) is 0. The maximum absolute atomic E-state index is 12.1. The van der Waals surface area contributed by atoms with E-state index in [0.29, 0.717) is 17.6 Å². The molecule has 14 heavy (non-hydrogen) atoms. The smallest absolute Gasteiger partial charge is 0.139 e. The number of carbonyl (C=O) groups is 1. The van der Waals surface area contributed by atoms with E-state index in [4.69, 9.17) is 0 Å². The van der Waals surface area contributed by atoms with Crippen molar-refractivity contribution >= 4 is 5.78 Å². The SMILES string of the molecule is CCC(C)C(=O)C1CC2CCC1CC2. The number of carbonyl (C=O) groups excluding carboxylic acids is 1. The minimum atomic E-state index is 0.305. The summed E-state index contributed by atoms with van der Waals surface area (Å²) in [7, 11) is 0. The zero-order valence-electron chi connectivity index (χ0n) is 9.46. The molecule has 0 aromatic heterocycles. The van der Waals surface area contributed by atoms with Gasteiger partial charge < -0.3 is 0 Å². The van der Waals surface area contributed by atoms with Crippen molar-refractivity contribution in [2.45, 2.75) is 52.4 Å². The van der Waals surface area contributed by atoms with Crippen molar-refractivity contribution in [1.82, 2.24) is 0 Å². The van der Waals surface area contributed by atoms with Crippen LogP contribution in [-0.2, 0) is 4.79 Å². The van der Waals surface area contributed by atoms with E-state index >= 15 is 0 Å². The summed E-state index contributed by atoms with van der Waals surface area (Å²) in [5.74, 6) is 2.96. The molecule has 1 nitrogen and oxygen atoms in total. The monoisotopic (exact) mass is 194 g/mol. The van der Waals surface area contributed by atoms with Gasteiger partial charge in [0.1, 0.15) is 5.78 Å². The van der Waals surface area contributed by atoms with Crippen LogP contribution < -0.4 is 0 Å². The summed E-state index contributed by atoms with van der Waals surface area (Å²) in [6.45, 7) is 4.23. The Hall–Kier alpha value is -0.330. The molecule has 0 spiro atoms. The molecule has 3 rings (SSSR count). The van der Waals surface area contributed by atoms with Crippen LogP contribution in [0, 0.1) is 23.7 Å². The Morgan fingerprint density at radius 1 is 1.29 bits per heavy atom. The molecule has 0 aliphatic heterocycles. The molecule has 0 aromatic rings. The van der Waals surface area contributed by atoms with Gasteiger partial charge in [-0.25, -0.2) is 0 Å². The van der Waals surface area contributed by atoms with Gasteiger partial charge in [-0.1, -0.05) is 26.7 Å². The second-order valence-electron chi connectivity index (χ2n) is 5.33. The van der Waals surface area contributed by atoms with E-state index < -0.39 is 0 Å². The highest BCUT2D eigenvalue weighted by Gasteiger charge is 2.39. The molecule has 0 N–H and O–H groups in total. The molecule has 2 unspecified atom stereocenters. The Morgan fingerprint density at radius 3 is 2.36 bits per heavy atom. The van der Waals surface area contributed by atoms with E-state index in [2.05, 4.69) is 13.8 Å². The van der Waals surface area contributed by atoms with Crippen molar-refractivity contribution in [2.24, 2.45) is 23.7 Å². The maximum Gasteiger partial charge on any atom is 0.139 e. The first-order chi connectivity index (χ1) is 6.72. The van der Waals surface area contributed by atoms with E-state index in [9.17, 15) is 4.79 Å². The van der Waals surface area contributed by atoms with Crippen LogP contribution in [0.5, 0.6) is 0 Å². The van der Waals surface area contributed by atoms with E-state index in [1.54, 1.807) is 0 Å². The van der Waals surface area contributed by atoms with Gasteiger partial charge in [-0.05, 0) is 37.5 Å². The van der Waals surface area contributed by atoms with Crippen molar-refractivity contribution < 1.29 is 4.79 Å². The molecule has 2 bridgehead atoms. The summed E-state index contributed by atoms with van der Waals surface area (Å²) in [4.78, 5) is 12.1. The quantitative estimate of drug-likeness (QED) is 0.672. The predicted molar refractivity (Wildman–Crippen MR) is 58.0 cm³/mol. The summed E-state index contributed by atoms with van der Waals surface area (Å²) >= 11 is 0. The standard InChI is InChI=1S/C13H22O/c1-3-9(2)13(14)12-8-10-4-6-11(12)7-5-10/h9-12H,3-8H2,1-2H3. The van der Waals surface area contributed by atoms with Crippen molar-refractivity contribution in [3.8, 4) is 0 Å². The highest BCUT2D eigenvalue weighted by atomic mass is 16.1. The lowest BCUT2D eigenvalue weighted by molar-refractivity contribution is -0.131. The Kier molecular flexibility index (Phi) is 2.94. The highest BCUT2D eigenvalue weighted by Crippen LogP contribution is 2.46. The largest absolute Gasteiger partial charge is 0.299 e. The Balaban J connectivity index is 2.01. The summed E-state index contributed by atoms with van der Waals surface area (Å²) in [6, 6.07) is 0. The predicted octanol–water partition coefficient (Wildman–Crippen LogP) is 3.43. The molecule has 3 fully saturated rings. The molecule has 1 heteroatoms. The number of rotatable bonds is 3. The van der Waals surface area contributed by atoms with Crippen molar-refractivity contribution in [2.75, 3.05) is 0 Å².